The van der Waals surface area contributed by atoms with Gasteiger partial charge in [-0.25, -0.2) is 4.99 Å². The Morgan fingerprint density at radius 2 is 1.96 bits per heavy atom. The van der Waals surface area contributed by atoms with Gasteiger partial charge < -0.3 is 15.4 Å². The van der Waals surface area contributed by atoms with Gasteiger partial charge >= 0.3 is 6.18 Å². The maximum absolute atomic E-state index is 12.1. The number of rotatable bonds is 9. The highest BCUT2D eigenvalue weighted by Crippen LogP contribution is 2.19. The molecular weight excluding hydrogens is 486 g/mol. The van der Waals surface area contributed by atoms with Gasteiger partial charge in [-0.3, -0.25) is 4.68 Å². The fourth-order valence-electron chi connectivity index (χ4n) is 2.25. The second-order valence-electron chi connectivity index (χ2n) is 5.79. The standard InChI is InChI=1S/C18H24F3N5O.HI/c1-2-22-17(23-9-3-11-26-12-4-10-25-26)24-13-15-5-7-16(8-6-15)27-14-18(19,20)21;/h4-8,10,12H,2-3,9,11,13-14H2,1H3,(H2,22,23,24);1H. The maximum Gasteiger partial charge on any atom is 0.422 e. The van der Waals surface area contributed by atoms with E-state index in [4.69, 9.17) is 4.74 Å². The summed E-state index contributed by atoms with van der Waals surface area (Å²) in [5, 5.41) is 10.6. The van der Waals surface area contributed by atoms with E-state index in [0.29, 0.717) is 12.5 Å². The summed E-state index contributed by atoms with van der Waals surface area (Å²) in [6.45, 7) is 3.39. The van der Waals surface area contributed by atoms with Crippen molar-refractivity contribution in [2.24, 2.45) is 4.99 Å². The van der Waals surface area contributed by atoms with Crippen LogP contribution < -0.4 is 15.4 Å². The Hall–Kier alpha value is -1.98. The zero-order chi connectivity index (χ0) is 19.5. The number of aryl methyl sites for hydroxylation is 1. The Labute approximate surface area is 179 Å². The van der Waals surface area contributed by atoms with Gasteiger partial charge in [0.1, 0.15) is 5.75 Å². The highest BCUT2D eigenvalue weighted by atomic mass is 127. The van der Waals surface area contributed by atoms with Crippen molar-refractivity contribution in [1.82, 2.24) is 20.4 Å². The lowest BCUT2D eigenvalue weighted by molar-refractivity contribution is -0.153. The van der Waals surface area contributed by atoms with Gasteiger partial charge in [0.25, 0.3) is 0 Å². The number of ether oxygens (including phenoxy) is 1. The molecule has 0 saturated carbocycles. The normalized spacial score (nSPS) is 11.6. The third-order valence-electron chi connectivity index (χ3n) is 3.51. The summed E-state index contributed by atoms with van der Waals surface area (Å²) in [6.07, 6.45) is 0.226. The quantitative estimate of drug-likeness (QED) is 0.234. The number of aromatic nitrogens is 2. The molecular formula is C18H25F3IN5O. The molecule has 2 rings (SSSR count). The summed E-state index contributed by atoms with van der Waals surface area (Å²) in [6, 6.07) is 8.33. The predicted molar refractivity (Wildman–Crippen MR) is 113 cm³/mol. The van der Waals surface area contributed by atoms with E-state index in [1.54, 1.807) is 18.3 Å². The Kier molecular flexibility index (Phi) is 10.7. The number of halogens is 4. The number of alkyl halides is 3. The van der Waals surface area contributed by atoms with E-state index >= 15 is 0 Å². The molecule has 6 nitrogen and oxygen atoms in total. The minimum Gasteiger partial charge on any atom is -0.484 e. The summed E-state index contributed by atoms with van der Waals surface area (Å²) < 4.78 is 43.0. The first-order valence-corrected chi connectivity index (χ1v) is 8.74. The van der Waals surface area contributed by atoms with Crippen molar-refractivity contribution in [2.75, 3.05) is 19.7 Å². The number of nitrogens with zero attached hydrogens (tertiary/aromatic N) is 3. The summed E-state index contributed by atoms with van der Waals surface area (Å²) in [5.74, 6) is 0.874. The zero-order valence-electron chi connectivity index (χ0n) is 15.6. The molecule has 0 fully saturated rings. The molecule has 10 heteroatoms. The molecule has 28 heavy (non-hydrogen) atoms. The smallest absolute Gasteiger partial charge is 0.422 e. The van der Waals surface area contributed by atoms with Crippen LogP contribution in [-0.4, -0.2) is 41.6 Å². The average Bonchev–Trinajstić information content (AvgIpc) is 3.15. The third-order valence-corrected chi connectivity index (χ3v) is 3.51. The Balaban J connectivity index is 0.00000392. The van der Waals surface area contributed by atoms with Gasteiger partial charge in [0.15, 0.2) is 12.6 Å². The van der Waals surface area contributed by atoms with Crippen LogP contribution in [0.1, 0.15) is 18.9 Å². The monoisotopic (exact) mass is 511 g/mol. The minimum atomic E-state index is -4.34. The van der Waals surface area contributed by atoms with E-state index in [9.17, 15) is 13.2 Å². The minimum absolute atomic E-state index is 0. The largest absolute Gasteiger partial charge is 0.484 e. The molecule has 0 unspecified atom stereocenters. The molecule has 2 N–H and O–H groups in total. The van der Waals surface area contributed by atoms with E-state index in [2.05, 4.69) is 20.7 Å². The molecule has 0 radical (unpaired) electrons. The molecule has 0 saturated heterocycles. The number of nitrogens with one attached hydrogen (secondary N) is 2. The predicted octanol–water partition coefficient (Wildman–Crippen LogP) is 3.59. The van der Waals surface area contributed by atoms with Crippen LogP contribution in [0.5, 0.6) is 5.75 Å². The molecule has 1 heterocycles. The summed E-state index contributed by atoms with van der Waals surface area (Å²) >= 11 is 0. The van der Waals surface area contributed by atoms with E-state index in [0.717, 1.165) is 31.6 Å². The first kappa shape index (κ1) is 24.1. The molecule has 0 aliphatic carbocycles. The summed E-state index contributed by atoms with van der Waals surface area (Å²) in [4.78, 5) is 4.48. The van der Waals surface area contributed by atoms with Gasteiger partial charge in [0.2, 0.25) is 0 Å². The average molecular weight is 511 g/mol. The molecule has 0 atom stereocenters. The van der Waals surface area contributed by atoms with Gasteiger partial charge in [0.05, 0.1) is 6.54 Å². The van der Waals surface area contributed by atoms with Crippen LogP contribution in [0.25, 0.3) is 0 Å². The van der Waals surface area contributed by atoms with Crippen molar-refractivity contribution in [3.05, 3.63) is 48.3 Å². The molecule has 1 aromatic carbocycles. The van der Waals surface area contributed by atoms with Gasteiger partial charge in [-0.1, -0.05) is 12.1 Å². The lowest BCUT2D eigenvalue weighted by Crippen LogP contribution is -2.38. The molecule has 0 amide bonds. The van der Waals surface area contributed by atoms with Crippen LogP contribution in [-0.2, 0) is 13.1 Å². The number of hydrogen-bond donors (Lipinski definition) is 2. The highest BCUT2D eigenvalue weighted by molar-refractivity contribution is 14.0. The second-order valence-corrected chi connectivity index (χ2v) is 5.79. The van der Waals surface area contributed by atoms with Crippen molar-refractivity contribution in [2.45, 2.75) is 32.6 Å². The molecule has 156 valence electrons. The lowest BCUT2D eigenvalue weighted by atomic mass is 10.2. The molecule has 0 aliphatic heterocycles. The van der Waals surface area contributed by atoms with Crippen LogP contribution in [0.4, 0.5) is 13.2 Å². The Morgan fingerprint density at radius 3 is 2.57 bits per heavy atom. The van der Waals surface area contributed by atoms with Crippen LogP contribution in [0.15, 0.2) is 47.7 Å². The molecule has 0 aliphatic rings. The number of aliphatic imine (C=N–C) groups is 1. The van der Waals surface area contributed by atoms with E-state index < -0.39 is 12.8 Å². The first-order valence-electron chi connectivity index (χ1n) is 8.74. The van der Waals surface area contributed by atoms with Crippen molar-refractivity contribution in [1.29, 1.82) is 0 Å². The topological polar surface area (TPSA) is 63.5 Å². The molecule has 1 aromatic heterocycles. The number of benzene rings is 1. The van der Waals surface area contributed by atoms with E-state index in [1.165, 1.54) is 12.1 Å². The van der Waals surface area contributed by atoms with Crippen LogP contribution in [0.2, 0.25) is 0 Å². The van der Waals surface area contributed by atoms with Gasteiger partial charge in [-0.05, 0) is 37.1 Å². The highest BCUT2D eigenvalue weighted by Gasteiger charge is 2.28. The lowest BCUT2D eigenvalue weighted by Gasteiger charge is -2.12. The zero-order valence-corrected chi connectivity index (χ0v) is 17.9. The number of guanidine groups is 1. The van der Waals surface area contributed by atoms with Crippen molar-refractivity contribution < 1.29 is 17.9 Å². The molecule has 0 bridgehead atoms. The fraction of sp³-hybridized carbons (Fsp3) is 0.444. The van der Waals surface area contributed by atoms with E-state index in [1.807, 2.05) is 23.9 Å². The molecule has 0 spiro atoms. The maximum atomic E-state index is 12.1. The van der Waals surface area contributed by atoms with Crippen molar-refractivity contribution >= 4 is 29.9 Å². The Morgan fingerprint density at radius 1 is 1.21 bits per heavy atom. The van der Waals surface area contributed by atoms with Crippen molar-refractivity contribution in [3.8, 4) is 5.75 Å². The second kappa shape index (κ2) is 12.5. The van der Waals surface area contributed by atoms with Crippen LogP contribution in [0.3, 0.4) is 0 Å². The number of hydrogen-bond acceptors (Lipinski definition) is 3. The van der Waals surface area contributed by atoms with Crippen molar-refractivity contribution in [3.63, 3.8) is 0 Å². The van der Waals surface area contributed by atoms with E-state index in [-0.39, 0.29) is 29.7 Å². The third kappa shape index (κ3) is 9.81. The van der Waals surface area contributed by atoms with Gasteiger partial charge in [-0.2, -0.15) is 18.3 Å². The van der Waals surface area contributed by atoms with Crippen LogP contribution >= 0.6 is 24.0 Å². The molecule has 2 aromatic rings. The van der Waals surface area contributed by atoms with Gasteiger partial charge in [-0.15, -0.1) is 24.0 Å². The van der Waals surface area contributed by atoms with Gasteiger partial charge in [0, 0.05) is 32.0 Å². The first-order chi connectivity index (χ1) is 13.0. The fourth-order valence-corrected chi connectivity index (χ4v) is 2.25. The SMILES string of the molecule is CCNC(=NCc1ccc(OCC(F)(F)F)cc1)NCCCn1cccn1.I. The Bertz CT molecular complexity index is 690. The summed E-state index contributed by atoms with van der Waals surface area (Å²) in [5.41, 5.74) is 0.878. The van der Waals surface area contributed by atoms with Crippen LogP contribution in [0, 0.1) is 0 Å². The summed E-state index contributed by atoms with van der Waals surface area (Å²) in [7, 11) is 0.